The van der Waals surface area contributed by atoms with Gasteiger partial charge in [-0.15, -0.1) is 13.2 Å². The zero-order chi connectivity index (χ0) is 30.3. The third-order valence-corrected chi connectivity index (χ3v) is 8.87. The van der Waals surface area contributed by atoms with Gasteiger partial charge in [-0.2, -0.15) is 9.30 Å². The molecule has 1 fully saturated rings. The SMILES string of the molecule is CCC(F)(F)c1ccc(CNC=O)cc1.O=C1CSC(N2CCN(S(=O)(=O)c3ccc(OC(F)(F)F)cc3)CC2)=N1. The lowest BCUT2D eigenvalue weighted by Crippen LogP contribution is -2.49. The molecule has 1 N–H and O–H groups in total. The molecule has 0 aliphatic carbocycles. The fourth-order valence-corrected chi connectivity index (χ4v) is 6.04. The molecule has 0 radical (unpaired) electrons. The van der Waals surface area contributed by atoms with Crippen LogP contribution in [0.2, 0.25) is 0 Å². The molecule has 2 aliphatic rings. The predicted octanol–water partition coefficient (Wildman–Crippen LogP) is 3.96. The third kappa shape index (κ3) is 9.13. The van der Waals surface area contributed by atoms with Crippen molar-refractivity contribution in [1.29, 1.82) is 0 Å². The van der Waals surface area contributed by atoms with Gasteiger partial charge in [-0.3, -0.25) is 9.59 Å². The van der Waals surface area contributed by atoms with Crippen molar-refractivity contribution in [3.8, 4) is 5.75 Å². The van der Waals surface area contributed by atoms with Gasteiger partial charge in [-0.1, -0.05) is 43.0 Å². The zero-order valence-corrected chi connectivity index (χ0v) is 23.4. The van der Waals surface area contributed by atoms with Crippen LogP contribution < -0.4 is 10.1 Å². The van der Waals surface area contributed by atoms with Crippen LogP contribution in [0.25, 0.3) is 0 Å². The number of ether oxygens (including phenoxy) is 1. The normalized spacial score (nSPS) is 16.5. The number of hydrogen-bond acceptors (Lipinski definition) is 7. The highest BCUT2D eigenvalue weighted by Crippen LogP contribution is 2.31. The fourth-order valence-electron chi connectivity index (χ4n) is 3.77. The van der Waals surface area contributed by atoms with Crippen LogP contribution in [-0.2, 0) is 32.1 Å². The summed E-state index contributed by atoms with van der Waals surface area (Å²) in [4.78, 5) is 26.8. The number of aliphatic imine (C=N–C) groups is 1. The van der Waals surface area contributed by atoms with E-state index in [2.05, 4.69) is 15.0 Å². The largest absolute Gasteiger partial charge is 0.573 e. The summed E-state index contributed by atoms with van der Waals surface area (Å²) in [6, 6.07) is 10.1. The molecule has 0 saturated carbocycles. The van der Waals surface area contributed by atoms with Gasteiger partial charge in [0.25, 0.3) is 11.8 Å². The smallest absolute Gasteiger partial charge is 0.406 e. The van der Waals surface area contributed by atoms with E-state index in [0.29, 0.717) is 37.0 Å². The number of sulfonamides is 1. The summed E-state index contributed by atoms with van der Waals surface area (Å²) < 4.78 is 93.1. The quantitative estimate of drug-likeness (QED) is 0.351. The first-order valence-corrected chi connectivity index (χ1v) is 14.7. The van der Waals surface area contributed by atoms with Gasteiger partial charge in [-0.05, 0) is 29.8 Å². The van der Waals surface area contributed by atoms with Crippen molar-refractivity contribution < 1.29 is 44.7 Å². The molecular weight excluding hydrogens is 595 g/mol. The van der Waals surface area contributed by atoms with Crippen molar-refractivity contribution in [1.82, 2.24) is 14.5 Å². The van der Waals surface area contributed by atoms with E-state index in [1.54, 1.807) is 12.1 Å². The first-order chi connectivity index (χ1) is 19.2. The molecule has 2 amide bonds. The van der Waals surface area contributed by atoms with Gasteiger partial charge in [0.15, 0.2) is 5.17 Å². The molecule has 0 atom stereocenters. The monoisotopic (exact) mass is 622 g/mol. The highest BCUT2D eigenvalue weighted by Gasteiger charge is 2.33. The number of alkyl halides is 5. The first-order valence-electron chi connectivity index (χ1n) is 12.2. The summed E-state index contributed by atoms with van der Waals surface area (Å²) in [6.07, 6.45) is -4.47. The minimum Gasteiger partial charge on any atom is -0.406 e. The topological polar surface area (TPSA) is 108 Å². The number of amides is 2. The second kappa shape index (κ2) is 13.6. The van der Waals surface area contributed by atoms with Gasteiger partial charge in [0, 0.05) is 44.7 Å². The highest BCUT2D eigenvalue weighted by atomic mass is 32.2. The van der Waals surface area contributed by atoms with Crippen molar-refractivity contribution in [2.45, 2.75) is 37.1 Å². The van der Waals surface area contributed by atoms with Crippen molar-refractivity contribution >= 4 is 39.3 Å². The van der Waals surface area contributed by atoms with E-state index in [0.717, 1.165) is 29.8 Å². The molecule has 2 aromatic rings. The van der Waals surface area contributed by atoms with Gasteiger partial charge in [0.05, 0.1) is 10.6 Å². The Hall–Kier alpha value is -3.24. The van der Waals surface area contributed by atoms with E-state index in [9.17, 15) is 40.0 Å². The number of piperazine rings is 1. The van der Waals surface area contributed by atoms with E-state index in [1.165, 1.54) is 35.1 Å². The summed E-state index contributed by atoms with van der Waals surface area (Å²) in [7, 11) is -3.82. The lowest BCUT2D eigenvalue weighted by Gasteiger charge is -2.34. The number of nitrogens with zero attached hydrogens (tertiary/aromatic N) is 3. The Morgan fingerprint density at radius 2 is 1.61 bits per heavy atom. The Kier molecular flexibility index (Phi) is 10.7. The van der Waals surface area contributed by atoms with Crippen molar-refractivity contribution in [2.75, 3.05) is 31.9 Å². The van der Waals surface area contributed by atoms with Crippen LogP contribution in [0.1, 0.15) is 24.5 Å². The Balaban J connectivity index is 0.000000263. The van der Waals surface area contributed by atoms with Crippen molar-refractivity contribution in [3.63, 3.8) is 0 Å². The second-order valence-corrected chi connectivity index (χ2v) is 11.6. The number of hydrogen-bond donors (Lipinski definition) is 1. The van der Waals surface area contributed by atoms with E-state index >= 15 is 0 Å². The van der Waals surface area contributed by atoms with E-state index in [4.69, 9.17) is 0 Å². The van der Waals surface area contributed by atoms with Crippen LogP contribution in [0.5, 0.6) is 5.75 Å². The fraction of sp³-hybridized carbons (Fsp3) is 0.400. The molecule has 4 rings (SSSR count). The van der Waals surface area contributed by atoms with E-state index in [1.807, 2.05) is 4.90 Å². The summed E-state index contributed by atoms with van der Waals surface area (Å²) in [5.74, 6) is -3.17. The van der Waals surface area contributed by atoms with E-state index < -0.39 is 28.1 Å². The molecule has 0 bridgehead atoms. The molecule has 2 aliphatic heterocycles. The van der Waals surface area contributed by atoms with Crippen LogP contribution in [0.3, 0.4) is 0 Å². The highest BCUT2D eigenvalue weighted by molar-refractivity contribution is 8.14. The van der Waals surface area contributed by atoms with Gasteiger partial charge < -0.3 is 15.0 Å². The first kappa shape index (κ1) is 32.3. The minimum atomic E-state index is -4.83. The second-order valence-electron chi connectivity index (χ2n) is 8.74. The summed E-state index contributed by atoms with van der Waals surface area (Å²) in [5.41, 5.74) is 0.817. The number of nitrogens with one attached hydrogen (secondary N) is 1. The number of amidine groups is 1. The van der Waals surface area contributed by atoms with Gasteiger partial charge in [0.2, 0.25) is 16.4 Å². The maximum Gasteiger partial charge on any atom is 0.573 e. The number of carbonyl (C=O) groups is 2. The summed E-state index contributed by atoms with van der Waals surface area (Å²) >= 11 is 1.32. The van der Waals surface area contributed by atoms with Crippen molar-refractivity contribution in [2.24, 2.45) is 4.99 Å². The van der Waals surface area contributed by atoms with Gasteiger partial charge >= 0.3 is 6.36 Å². The van der Waals surface area contributed by atoms with Crippen LogP contribution in [-0.4, -0.2) is 73.4 Å². The number of carbonyl (C=O) groups excluding carboxylic acids is 2. The van der Waals surface area contributed by atoms with E-state index in [-0.39, 0.29) is 35.9 Å². The molecule has 41 heavy (non-hydrogen) atoms. The Morgan fingerprint density at radius 1 is 1.00 bits per heavy atom. The number of rotatable bonds is 8. The third-order valence-electron chi connectivity index (χ3n) is 5.96. The molecule has 1 saturated heterocycles. The average Bonchev–Trinajstić information content (AvgIpc) is 3.38. The molecule has 0 spiro atoms. The summed E-state index contributed by atoms with van der Waals surface area (Å²) in [6.45, 7) is 2.96. The average molecular weight is 623 g/mol. The standard InChI is InChI=1S/C14H14F3N3O4S2.C11H13F2NO/c15-14(16,17)24-10-1-3-11(4-2-10)26(22,23)20-7-5-19(6-8-20)13-18-12(21)9-25-13;1-2-11(12,13)10-5-3-9(4-6-10)7-14-8-15/h1-4H,5-9H2;3-6,8H,2,7H2,1H3,(H,14,15). The van der Waals surface area contributed by atoms with Crippen molar-refractivity contribution in [3.05, 3.63) is 59.7 Å². The lowest BCUT2D eigenvalue weighted by molar-refractivity contribution is -0.274. The van der Waals surface area contributed by atoms with Gasteiger partial charge in [0.1, 0.15) is 5.75 Å². The van der Waals surface area contributed by atoms with Crippen LogP contribution in [0.15, 0.2) is 58.4 Å². The molecule has 0 unspecified atom stereocenters. The molecule has 16 heteroatoms. The predicted molar refractivity (Wildman–Crippen MR) is 142 cm³/mol. The Bertz CT molecular complexity index is 1330. The molecule has 224 valence electrons. The van der Waals surface area contributed by atoms with Crippen LogP contribution in [0.4, 0.5) is 22.0 Å². The van der Waals surface area contributed by atoms with Crippen LogP contribution in [0, 0.1) is 0 Å². The van der Waals surface area contributed by atoms with Crippen LogP contribution >= 0.6 is 11.8 Å². The maximum atomic E-state index is 13.2. The summed E-state index contributed by atoms with van der Waals surface area (Å²) in [5, 5.41) is 3.07. The number of thioether (sulfide) groups is 1. The molecule has 2 aromatic carbocycles. The number of benzene rings is 2. The van der Waals surface area contributed by atoms with Gasteiger partial charge in [-0.25, -0.2) is 17.2 Å². The Morgan fingerprint density at radius 3 is 2.10 bits per heavy atom. The number of halogens is 5. The molecular formula is C25H27F5N4O5S2. The molecule has 2 heterocycles. The Labute approximate surface area is 237 Å². The molecule has 0 aromatic heterocycles. The molecule has 9 nitrogen and oxygen atoms in total. The lowest BCUT2D eigenvalue weighted by atomic mass is 10.0. The zero-order valence-electron chi connectivity index (χ0n) is 21.7. The minimum absolute atomic E-state index is 0.0138. The maximum absolute atomic E-state index is 13.2.